The molecule has 1 saturated heterocycles. The first-order valence-electron chi connectivity index (χ1n) is 10.2. The number of rotatable bonds is 5. The van der Waals surface area contributed by atoms with Gasteiger partial charge in [-0.05, 0) is 49.7 Å². The van der Waals surface area contributed by atoms with Crippen molar-refractivity contribution in [3.63, 3.8) is 0 Å². The maximum Gasteiger partial charge on any atom is 0.309 e. The fraction of sp³-hybridized carbons (Fsp3) is 0.318. The lowest BCUT2D eigenvalue weighted by Crippen LogP contribution is -2.39. The molecular weight excluding hydrogens is 434 g/mol. The number of hydrogen-bond donors (Lipinski definition) is 0. The van der Waals surface area contributed by atoms with Gasteiger partial charge in [-0.2, -0.15) is 4.99 Å². The van der Waals surface area contributed by atoms with E-state index in [1.54, 1.807) is 43.3 Å². The zero-order valence-electron chi connectivity index (χ0n) is 17.4. The van der Waals surface area contributed by atoms with E-state index in [2.05, 4.69) is 4.99 Å². The second kappa shape index (κ2) is 9.39. The second-order valence-corrected chi connectivity index (χ2v) is 8.31. The minimum Gasteiger partial charge on any atom is -0.466 e. The Morgan fingerprint density at radius 1 is 1.31 bits per heavy atom. The van der Waals surface area contributed by atoms with Crippen molar-refractivity contribution in [1.29, 1.82) is 0 Å². The van der Waals surface area contributed by atoms with Crippen molar-refractivity contribution in [2.75, 3.05) is 19.7 Å². The van der Waals surface area contributed by atoms with E-state index in [4.69, 9.17) is 9.15 Å². The minimum absolute atomic E-state index is 0.0517. The van der Waals surface area contributed by atoms with Gasteiger partial charge in [-0.15, -0.1) is 0 Å². The number of hydrogen-bond acceptors (Lipinski definition) is 8. The topological polar surface area (TPSA) is 115 Å². The van der Waals surface area contributed by atoms with Crippen LogP contribution in [-0.2, 0) is 14.3 Å². The lowest BCUT2D eigenvalue weighted by molar-refractivity contribution is -0.384. The molecule has 1 amide bonds. The van der Waals surface area contributed by atoms with Crippen LogP contribution in [0.2, 0.25) is 0 Å². The smallest absolute Gasteiger partial charge is 0.309 e. The summed E-state index contributed by atoms with van der Waals surface area (Å²) in [4.78, 5) is 41.7. The number of aliphatic imine (C=N–C) groups is 1. The SMILES string of the molecule is CCOC(=O)C1CCN(C2=NC(=O)/C(=C\c3ccc(-c4ccccc4[N+](=O)[O-])o3)S2)CC1. The average Bonchev–Trinajstić information content (AvgIpc) is 3.41. The molecule has 32 heavy (non-hydrogen) atoms. The summed E-state index contributed by atoms with van der Waals surface area (Å²) in [6.07, 6.45) is 2.90. The third kappa shape index (κ3) is 4.59. The third-order valence-electron chi connectivity index (χ3n) is 5.26. The summed E-state index contributed by atoms with van der Waals surface area (Å²) in [7, 11) is 0. The van der Waals surface area contributed by atoms with Gasteiger partial charge in [0.15, 0.2) is 5.17 Å². The molecule has 2 aliphatic heterocycles. The van der Waals surface area contributed by atoms with Crippen LogP contribution in [0.5, 0.6) is 0 Å². The maximum absolute atomic E-state index is 12.4. The van der Waals surface area contributed by atoms with Gasteiger partial charge in [0.25, 0.3) is 11.6 Å². The van der Waals surface area contributed by atoms with Gasteiger partial charge < -0.3 is 14.1 Å². The van der Waals surface area contributed by atoms with Gasteiger partial charge in [-0.1, -0.05) is 12.1 Å². The molecule has 3 heterocycles. The molecule has 1 fully saturated rings. The largest absolute Gasteiger partial charge is 0.466 e. The van der Waals surface area contributed by atoms with Crippen LogP contribution in [0.4, 0.5) is 5.69 Å². The van der Waals surface area contributed by atoms with E-state index in [1.807, 2.05) is 4.90 Å². The number of esters is 1. The van der Waals surface area contributed by atoms with E-state index in [1.165, 1.54) is 17.8 Å². The molecule has 0 bridgehead atoms. The zero-order chi connectivity index (χ0) is 22.7. The van der Waals surface area contributed by atoms with E-state index in [9.17, 15) is 19.7 Å². The summed E-state index contributed by atoms with van der Waals surface area (Å²) in [5.74, 6) is 0.110. The van der Waals surface area contributed by atoms with Gasteiger partial charge in [-0.25, -0.2) is 0 Å². The molecular formula is C22H21N3O6S. The molecule has 0 radical (unpaired) electrons. The van der Waals surface area contributed by atoms with Crippen LogP contribution in [0.15, 0.2) is 50.7 Å². The Kier molecular flexibility index (Phi) is 6.40. The van der Waals surface area contributed by atoms with E-state index in [0.717, 1.165) is 0 Å². The number of piperidine rings is 1. The first-order valence-corrected chi connectivity index (χ1v) is 11.1. The fourth-order valence-corrected chi connectivity index (χ4v) is 4.59. The summed E-state index contributed by atoms with van der Waals surface area (Å²) in [6.45, 7) is 3.41. The van der Waals surface area contributed by atoms with Crippen LogP contribution in [0.1, 0.15) is 25.5 Å². The van der Waals surface area contributed by atoms with Gasteiger partial charge in [0, 0.05) is 25.2 Å². The molecule has 0 unspecified atom stereocenters. The molecule has 166 valence electrons. The van der Waals surface area contributed by atoms with E-state index in [-0.39, 0.29) is 23.5 Å². The summed E-state index contributed by atoms with van der Waals surface area (Å²) >= 11 is 1.26. The number of nitro benzene ring substituents is 1. The van der Waals surface area contributed by atoms with Crippen LogP contribution >= 0.6 is 11.8 Å². The Labute approximate surface area is 188 Å². The summed E-state index contributed by atoms with van der Waals surface area (Å²) in [6, 6.07) is 9.62. The van der Waals surface area contributed by atoms with Crippen LogP contribution in [0.3, 0.4) is 0 Å². The highest BCUT2D eigenvalue weighted by Crippen LogP contribution is 2.35. The van der Waals surface area contributed by atoms with Crippen molar-refractivity contribution in [3.05, 3.63) is 57.2 Å². The Balaban J connectivity index is 1.43. The number of nitrogens with zero attached hydrogens (tertiary/aromatic N) is 3. The Morgan fingerprint density at radius 3 is 2.78 bits per heavy atom. The number of amidine groups is 1. The zero-order valence-corrected chi connectivity index (χ0v) is 18.2. The molecule has 2 aliphatic rings. The monoisotopic (exact) mass is 455 g/mol. The molecule has 0 atom stereocenters. The highest BCUT2D eigenvalue weighted by Gasteiger charge is 2.32. The molecule has 0 spiro atoms. The molecule has 0 N–H and O–H groups in total. The predicted molar refractivity (Wildman–Crippen MR) is 120 cm³/mol. The highest BCUT2D eigenvalue weighted by molar-refractivity contribution is 8.18. The van der Waals surface area contributed by atoms with Crippen LogP contribution in [0, 0.1) is 16.0 Å². The lowest BCUT2D eigenvalue weighted by atomic mass is 9.97. The molecule has 9 nitrogen and oxygen atoms in total. The number of amides is 1. The van der Waals surface area contributed by atoms with Crippen molar-refractivity contribution < 1.29 is 23.7 Å². The summed E-state index contributed by atoms with van der Waals surface area (Å²) in [5, 5.41) is 11.9. The molecule has 1 aromatic heterocycles. The molecule has 0 aliphatic carbocycles. The normalized spacial score (nSPS) is 18.2. The van der Waals surface area contributed by atoms with Crippen molar-refractivity contribution in [2.45, 2.75) is 19.8 Å². The molecule has 0 saturated carbocycles. The van der Waals surface area contributed by atoms with Gasteiger partial charge in [0.2, 0.25) is 0 Å². The number of nitro groups is 1. The van der Waals surface area contributed by atoms with Crippen molar-refractivity contribution >= 4 is 40.6 Å². The number of ether oxygens (including phenoxy) is 1. The fourth-order valence-electron chi connectivity index (χ4n) is 3.65. The van der Waals surface area contributed by atoms with Crippen LogP contribution < -0.4 is 0 Å². The lowest BCUT2D eigenvalue weighted by Gasteiger charge is -2.31. The quantitative estimate of drug-likeness (QED) is 0.286. The minimum atomic E-state index is -0.461. The number of para-hydroxylation sites is 1. The van der Waals surface area contributed by atoms with Crippen LogP contribution in [0.25, 0.3) is 17.4 Å². The maximum atomic E-state index is 12.4. The number of carbonyl (C=O) groups is 2. The van der Waals surface area contributed by atoms with Crippen LogP contribution in [-0.4, -0.2) is 46.6 Å². The molecule has 10 heteroatoms. The first kappa shape index (κ1) is 21.8. The summed E-state index contributed by atoms with van der Waals surface area (Å²) < 4.78 is 10.8. The van der Waals surface area contributed by atoms with Crippen molar-refractivity contribution in [1.82, 2.24) is 4.90 Å². The molecule has 4 rings (SSSR count). The summed E-state index contributed by atoms with van der Waals surface area (Å²) in [5.41, 5.74) is 0.318. The standard InChI is InChI=1S/C22H21N3O6S/c1-2-30-21(27)14-9-11-24(12-10-14)22-23-20(26)19(32-22)13-15-7-8-18(31-15)16-5-3-4-6-17(16)25(28)29/h3-8,13-14H,2,9-12H2,1H3/b19-13+. The van der Waals surface area contributed by atoms with Gasteiger partial charge >= 0.3 is 5.97 Å². The molecule has 2 aromatic rings. The number of thioether (sulfide) groups is 1. The van der Waals surface area contributed by atoms with E-state index >= 15 is 0 Å². The Hall–Kier alpha value is -3.40. The van der Waals surface area contributed by atoms with Gasteiger partial charge in [0.1, 0.15) is 11.5 Å². The Bertz CT molecular complexity index is 1110. The number of likely N-dealkylation sites (tertiary alicyclic amines) is 1. The van der Waals surface area contributed by atoms with Gasteiger partial charge in [-0.3, -0.25) is 19.7 Å². The highest BCUT2D eigenvalue weighted by atomic mass is 32.2. The average molecular weight is 455 g/mol. The number of carbonyl (C=O) groups excluding carboxylic acids is 2. The van der Waals surface area contributed by atoms with E-state index < -0.39 is 4.92 Å². The predicted octanol–water partition coefficient (Wildman–Crippen LogP) is 4.10. The first-order chi connectivity index (χ1) is 15.5. The second-order valence-electron chi connectivity index (χ2n) is 7.30. The van der Waals surface area contributed by atoms with Crippen molar-refractivity contribution in [2.24, 2.45) is 10.9 Å². The number of furan rings is 1. The van der Waals surface area contributed by atoms with Crippen molar-refractivity contribution in [3.8, 4) is 11.3 Å². The molecule has 1 aromatic carbocycles. The Morgan fingerprint density at radius 2 is 2.06 bits per heavy atom. The third-order valence-corrected chi connectivity index (χ3v) is 6.31. The van der Waals surface area contributed by atoms with E-state index in [0.29, 0.717) is 59.7 Å². The number of benzene rings is 1. The van der Waals surface area contributed by atoms with Gasteiger partial charge in [0.05, 0.1) is 27.9 Å².